The van der Waals surface area contributed by atoms with E-state index in [1.165, 1.54) is 5.56 Å². The van der Waals surface area contributed by atoms with Crippen molar-refractivity contribution in [1.29, 1.82) is 0 Å². The van der Waals surface area contributed by atoms with Crippen LogP contribution in [-0.2, 0) is 20.7 Å². The molecule has 3 rings (SSSR count). The molecule has 2 aliphatic rings. The Morgan fingerprint density at radius 1 is 1.16 bits per heavy atom. The molecule has 136 valence electrons. The van der Waals surface area contributed by atoms with E-state index in [4.69, 9.17) is 4.74 Å². The number of likely N-dealkylation sites (tertiary alicyclic amines) is 1. The molecule has 2 fully saturated rings. The molecule has 1 atom stereocenters. The summed E-state index contributed by atoms with van der Waals surface area (Å²) in [5, 5.41) is 0. The van der Waals surface area contributed by atoms with Crippen LogP contribution < -0.4 is 0 Å². The van der Waals surface area contributed by atoms with E-state index >= 15 is 0 Å². The van der Waals surface area contributed by atoms with Gasteiger partial charge in [-0.1, -0.05) is 30.3 Å². The predicted molar refractivity (Wildman–Crippen MR) is 96.1 cm³/mol. The molecule has 1 aromatic rings. The molecule has 2 amide bonds. The fraction of sp³-hybridized carbons (Fsp3) is 0.600. The van der Waals surface area contributed by atoms with Crippen LogP contribution in [0.2, 0.25) is 0 Å². The number of benzene rings is 1. The molecule has 5 nitrogen and oxygen atoms in total. The maximum absolute atomic E-state index is 12.5. The van der Waals surface area contributed by atoms with Crippen molar-refractivity contribution in [3.05, 3.63) is 35.9 Å². The number of morpholine rings is 1. The minimum absolute atomic E-state index is 0.106. The zero-order valence-electron chi connectivity index (χ0n) is 14.9. The highest BCUT2D eigenvalue weighted by Gasteiger charge is 2.25. The molecule has 1 aromatic carbocycles. The molecule has 0 radical (unpaired) electrons. The number of hydrogen-bond acceptors (Lipinski definition) is 3. The first-order valence-electron chi connectivity index (χ1n) is 9.43. The van der Waals surface area contributed by atoms with Gasteiger partial charge in [0.15, 0.2) is 0 Å². The standard InChI is InChI=1S/C20H28N2O3/c23-19-8-4-5-12-21(19)13-11-20(24)22-14-15-25-18(16-22)10-9-17-6-2-1-3-7-17/h1-3,6-7,18H,4-5,8-16H2/t18-/m0/s1. The van der Waals surface area contributed by atoms with Gasteiger partial charge in [0.05, 0.1) is 12.7 Å². The first-order valence-corrected chi connectivity index (χ1v) is 9.43. The van der Waals surface area contributed by atoms with Gasteiger partial charge < -0.3 is 14.5 Å². The summed E-state index contributed by atoms with van der Waals surface area (Å²) in [7, 11) is 0. The van der Waals surface area contributed by atoms with E-state index in [9.17, 15) is 9.59 Å². The number of carbonyl (C=O) groups is 2. The van der Waals surface area contributed by atoms with E-state index in [1.807, 2.05) is 15.9 Å². The monoisotopic (exact) mass is 344 g/mol. The van der Waals surface area contributed by atoms with Crippen molar-refractivity contribution in [3.8, 4) is 0 Å². The molecule has 0 spiro atoms. The Kier molecular flexibility index (Phi) is 6.45. The van der Waals surface area contributed by atoms with Crippen LogP contribution in [0.1, 0.15) is 37.7 Å². The second-order valence-corrected chi connectivity index (χ2v) is 6.94. The van der Waals surface area contributed by atoms with Crippen LogP contribution in [0, 0.1) is 0 Å². The SMILES string of the molecule is O=C1CCCCN1CCC(=O)N1CCO[C@@H](CCc2ccccc2)C1. The number of piperidine rings is 1. The van der Waals surface area contributed by atoms with E-state index in [0.717, 1.165) is 32.2 Å². The van der Waals surface area contributed by atoms with Gasteiger partial charge in [0.25, 0.3) is 0 Å². The Labute approximate surface area is 149 Å². The summed E-state index contributed by atoms with van der Waals surface area (Å²) in [6.45, 7) is 3.29. The van der Waals surface area contributed by atoms with Crippen LogP contribution >= 0.6 is 0 Å². The Morgan fingerprint density at radius 3 is 2.80 bits per heavy atom. The van der Waals surface area contributed by atoms with Gasteiger partial charge in [0.1, 0.15) is 0 Å². The Hall–Kier alpha value is -1.88. The van der Waals surface area contributed by atoms with Crippen LogP contribution in [-0.4, -0.2) is 60.5 Å². The molecule has 0 unspecified atom stereocenters. The van der Waals surface area contributed by atoms with Gasteiger partial charge in [-0.15, -0.1) is 0 Å². The average molecular weight is 344 g/mol. The van der Waals surface area contributed by atoms with E-state index in [2.05, 4.69) is 24.3 Å². The second-order valence-electron chi connectivity index (χ2n) is 6.94. The smallest absolute Gasteiger partial charge is 0.224 e. The van der Waals surface area contributed by atoms with Gasteiger partial charge >= 0.3 is 0 Å². The van der Waals surface area contributed by atoms with Crippen molar-refractivity contribution in [2.45, 2.75) is 44.6 Å². The fourth-order valence-electron chi connectivity index (χ4n) is 3.58. The number of rotatable bonds is 6. The number of ether oxygens (including phenoxy) is 1. The van der Waals surface area contributed by atoms with Crippen LogP contribution in [0.3, 0.4) is 0 Å². The van der Waals surface area contributed by atoms with Gasteiger partial charge in [0, 0.05) is 39.0 Å². The van der Waals surface area contributed by atoms with E-state index in [0.29, 0.717) is 39.1 Å². The number of hydrogen-bond donors (Lipinski definition) is 0. The van der Waals surface area contributed by atoms with Crippen molar-refractivity contribution in [1.82, 2.24) is 9.80 Å². The van der Waals surface area contributed by atoms with Crippen molar-refractivity contribution in [2.75, 3.05) is 32.8 Å². The Bertz CT molecular complexity index is 576. The van der Waals surface area contributed by atoms with E-state index in [1.54, 1.807) is 0 Å². The second kappa shape index (κ2) is 8.99. The lowest BCUT2D eigenvalue weighted by Crippen LogP contribution is -2.47. The molecular formula is C20H28N2O3. The van der Waals surface area contributed by atoms with Crippen molar-refractivity contribution < 1.29 is 14.3 Å². The maximum Gasteiger partial charge on any atom is 0.224 e. The molecule has 0 aliphatic carbocycles. The summed E-state index contributed by atoms with van der Waals surface area (Å²) in [6.07, 6.45) is 5.10. The Morgan fingerprint density at radius 2 is 2.00 bits per heavy atom. The van der Waals surface area contributed by atoms with E-state index < -0.39 is 0 Å². The first-order chi connectivity index (χ1) is 12.2. The minimum atomic E-state index is 0.106. The molecule has 25 heavy (non-hydrogen) atoms. The normalized spacial score (nSPS) is 21.4. The summed E-state index contributed by atoms with van der Waals surface area (Å²) in [6, 6.07) is 10.4. The molecule has 0 N–H and O–H groups in total. The fourth-order valence-corrected chi connectivity index (χ4v) is 3.58. The highest BCUT2D eigenvalue weighted by molar-refractivity contribution is 5.79. The summed E-state index contributed by atoms with van der Waals surface area (Å²) in [4.78, 5) is 28.1. The molecule has 5 heteroatoms. The lowest BCUT2D eigenvalue weighted by atomic mass is 10.1. The van der Waals surface area contributed by atoms with Gasteiger partial charge in [0.2, 0.25) is 11.8 Å². The summed E-state index contributed by atoms with van der Waals surface area (Å²) >= 11 is 0. The minimum Gasteiger partial charge on any atom is -0.375 e. The van der Waals surface area contributed by atoms with Crippen LogP contribution in [0.5, 0.6) is 0 Å². The van der Waals surface area contributed by atoms with Gasteiger partial charge in [-0.25, -0.2) is 0 Å². The Balaban J connectivity index is 1.42. The van der Waals surface area contributed by atoms with Crippen LogP contribution in [0.15, 0.2) is 30.3 Å². The first kappa shape index (κ1) is 17.9. The number of amides is 2. The molecule has 0 saturated carbocycles. The number of aryl methyl sites for hydroxylation is 1. The van der Waals surface area contributed by atoms with Crippen molar-refractivity contribution in [3.63, 3.8) is 0 Å². The molecular weight excluding hydrogens is 316 g/mol. The van der Waals surface area contributed by atoms with Gasteiger partial charge in [-0.2, -0.15) is 0 Å². The van der Waals surface area contributed by atoms with Crippen molar-refractivity contribution in [2.24, 2.45) is 0 Å². The molecule has 2 heterocycles. The maximum atomic E-state index is 12.5. The zero-order chi connectivity index (χ0) is 17.5. The molecule has 2 aliphatic heterocycles. The number of carbonyl (C=O) groups excluding carboxylic acids is 2. The third kappa shape index (κ3) is 5.30. The topological polar surface area (TPSA) is 49.9 Å². The lowest BCUT2D eigenvalue weighted by molar-refractivity contribution is -0.140. The predicted octanol–water partition coefficient (Wildman–Crippen LogP) is 2.25. The molecule has 0 aromatic heterocycles. The van der Waals surface area contributed by atoms with Crippen LogP contribution in [0.25, 0.3) is 0 Å². The quantitative estimate of drug-likeness (QED) is 0.795. The lowest BCUT2D eigenvalue weighted by Gasteiger charge is -2.34. The van der Waals surface area contributed by atoms with E-state index in [-0.39, 0.29) is 17.9 Å². The average Bonchev–Trinajstić information content (AvgIpc) is 2.66. The van der Waals surface area contributed by atoms with Crippen LogP contribution in [0.4, 0.5) is 0 Å². The largest absolute Gasteiger partial charge is 0.375 e. The van der Waals surface area contributed by atoms with Crippen molar-refractivity contribution >= 4 is 11.8 Å². The molecule has 0 bridgehead atoms. The zero-order valence-corrected chi connectivity index (χ0v) is 14.9. The van der Waals surface area contributed by atoms with Gasteiger partial charge in [-0.05, 0) is 31.2 Å². The number of nitrogens with zero attached hydrogens (tertiary/aromatic N) is 2. The summed E-state index contributed by atoms with van der Waals surface area (Å²) < 4.78 is 5.83. The highest BCUT2D eigenvalue weighted by Crippen LogP contribution is 2.15. The highest BCUT2D eigenvalue weighted by atomic mass is 16.5. The summed E-state index contributed by atoms with van der Waals surface area (Å²) in [5.74, 6) is 0.341. The summed E-state index contributed by atoms with van der Waals surface area (Å²) in [5.41, 5.74) is 1.30. The third-order valence-corrected chi connectivity index (χ3v) is 5.11. The third-order valence-electron chi connectivity index (χ3n) is 5.11. The molecule has 2 saturated heterocycles. The van der Waals surface area contributed by atoms with Gasteiger partial charge in [-0.3, -0.25) is 9.59 Å².